The van der Waals surface area contributed by atoms with E-state index < -0.39 is 17.7 Å². The zero-order valence-electron chi connectivity index (χ0n) is 17.4. The molecule has 0 radical (unpaired) electrons. The molecule has 0 atom stereocenters. The summed E-state index contributed by atoms with van der Waals surface area (Å²) in [5.74, 6) is -2.76. The molecule has 0 aliphatic heterocycles. The first-order valence-electron chi connectivity index (χ1n) is 9.81. The van der Waals surface area contributed by atoms with E-state index >= 15 is 0 Å². The first-order chi connectivity index (χ1) is 16.2. The highest BCUT2D eigenvalue weighted by Gasteiger charge is 2.24. The third kappa shape index (κ3) is 4.63. The number of aromatic nitrogens is 2. The van der Waals surface area contributed by atoms with E-state index in [4.69, 9.17) is 34.8 Å². The number of hydrogen-bond acceptors (Lipinski definition) is 3. The summed E-state index contributed by atoms with van der Waals surface area (Å²) in [4.78, 5) is 24.3. The van der Waals surface area contributed by atoms with Gasteiger partial charge in [-0.2, -0.15) is 5.10 Å². The molecule has 0 spiro atoms. The monoisotopic (exact) mass is 517 g/mol. The standard InChI is InChI=1S/C24H15Cl3FN3O3/c1-12-21(23(32)29-19-10-14(24(33)34)4-8-18(19)28)30-31(20-9-7-16(26)11-17(20)27)22(12)13-2-5-15(25)6-3-13/h2-11H,1H3,(H,29,32)(H,33,34). The Morgan fingerprint density at radius 1 is 0.971 bits per heavy atom. The maximum atomic E-state index is 14.3. The molecule has 10 heteroatoms. The van der Waals surface area contributed by atoms with E-state index in [-0.39, 0.29) is 16.9 Å². The van der Waals surface area contributed by atoms with Gasteiger partial charge in [-0.1, -0.05) is 46.9 Å². The number of amides is 1. The summed E-state index contributed by atoms with van der Waals surface area (Å²) in [6.07, 6.45) is 0. The average molecular weight is 519 g/mol. The van der Waals surface area contributed by atoms with Crippen LogP contribution in [0.4, 0.5) is 10.1 Å². The topological polar surface area (TPSA) is 84.2 Å². The molecule has 172 valence electrons. The number of carboxylic acids is 1. The molecular weight excluding hydrogens is 504 g/mol. The van der Waals surface area contributed by atoms with E-state index in [9.17, 15) is 19.1 Å². The molecule has 3 aromatic carbocycles. The molecule has 4 aromatic rings. The van der Waals surface area contributed by atoms with Crippen molar-refractivity contribution in [2.75, 3.05) is 5.32 Å². The lowest BCUT2D eigenvalue weighted by Crippen LogP contribution is -2.16. The van der Waals surface area contributed by atoms with Crippen molar-refractivity contribution in [2.45, 2.75) is 6.92 Å². The van der Waals surface area contributed by atoms with E-state index in [1.54, 1.807) is 49.4 Å². The molecule has 34 heavy (non-hydrogen) atoms. The molecule has 0 bridgehead atoms. The van der Waals surface area contributed by atoms with Crippen LogP contribution < -0.4 is 5.32 Å². The van der Waals surface area contributed by atoms with Gasteiger partial charge in [0, 0.05) is 21.2 Å². The van der Waals surface area contributed by atoms with Gasteiger partial charge in [-0.25, -0.2) is 13.9 Å². The molecule has 4 rings (SSSR count). The second-order valence-electron chi connectivity index (χ2n) is 7.29. The number of rotatable bonds is 5. The van der Waals surface area contributed by atoms with Gasteiger partial charge in [0.1, 0.15) is 5.82 Å². The van der Waals surface area contributed by atoms with Gasteiger partial charge in [0.05, 0.1) is 27.7 Å². The van der Waals surface area contributed by atoms with Crippen molar-refractivity contribution in [1.82, 2.24) is 9.78 Å². The molecule has 0 saturated heterocycles. The molecule has 0 aliphatic rings. The van der Waals surface area contributed by atoms with Crippen molar-refractivity contribution in [3.8, 4) is 16.9 Å². The van der Waals surface area contributed by atoms with Gasteiger partial charge in [-0.3, -0.25) is 4.79 Å². The molecule has 1 amide bonds. The number of halogens is 4. The molecular formula is C24H15Cl3FN3O3. The number of anilines is 1. The van der Waals surface area contributed by atoms with Gasteiger partial charge in [-0.15, -0.1) is 0 Å². The number of aromatic carboxylic acids is 1. The van der Waals surface area contributed by atoms with Gasteiger partial charge in [0.15, 0.2) is 5.69 Å². The SMILES string of the molecule is Cc1c(C(=O)Nc2cc(C(=O)O)ccc2F)nn(-c2ccc(Cl)cc2Cl)c1-c1ccc(Cl)cc1. The lowest BCUT2D eigenvalue weighted by atomic mass is 10.1. The van der Waals surface area contributed by atoms with Gasteiger partial charge in [-0.05, 0) is 55.5 Å². The number of carbonyl (C=O) groups is 2. The fourth-order valence-electron chi connectivity index (χ4n) is 3.42. The van der Waals surface area contributed by atoms with Gasteiger partial charge >= 0.3 is 5.97 Å². The first kappa shape index (κ1) is 23.8. The van der Waals surface area contributed by atoms with Gasteiger partial charge in [0.25, 0.3) is 5.91 Å². The number of nitrogens with zero attached hydrogens (tertiary/aromatic N) is 2. The largest absolute Gasteiger partial charge is 0.478 e. The predicted molar refractivity (Wildman–Crippen MR) is 130 cm³/mol. The summed E-state index contributed by atoms with van der Waals surface area (Å²) in [6, 6.07) is 14.9. The van der Waals surface area contributed by atoms with Crippen LogP contribution >= 0.6 is 34.8 Å². The number of benzene rings is 3. The maximum Gasteiger partial charge on any atom is 0.335 e. The highest BCUT2D eigenvalue weighted by molar-refractivity contribution is 6.35. The summed E-state index contributed by atoms with van der Waals surface area (Å²) in [6.45, 7) is 1.69. The van der Waals surface area contributed by atoms with E-state index in [2.05, 4.69) is 10.4 Å². The van der Waals surface area contributed by atoms with Crippen LogP contribution in [0.15, 0.2) is 60.7 Å². The summed E-state index contributed by atoms with van der Waals surface area (Å²) in [5.41, 5.74) is 1.77. The predicted octanol–water partition coefficient (Wildman–Crippen LogP) is 6.90. The summed E-state index contributed by atoms with van der Waals surface area (Å²) >= 11 is 18.5. The van der Waals surface area contributed by atoms with Crippen LogP contribution in [0, 0.1) is 12.7 Å². The van der Waals surface area contributed by atoms with Crippen LogP contribution in [-0.2, 0) is 0 Å². The van der Waals surface area contributed by atoms with Gasteiger partial charge in [0.2, 0.25) is 0 Å². The smallest absolute Gasteiger partial charge is 0.335 e. The van der Waals surface area contributed by atoms with Gasteiger partial charge < -0.3 is 10.4 Å². The fraction of sp³-hybridized carbons (Fsp3) is 0.0417. The third-order valence-electron chi connectivity index (χ3n) is 5.05. The lowest BCUT2D eigenvalue weighted by molar-refractivity contribution is 0.0696. The Hall–Kier alpha value is -3.39. The normalized spacial score (nSPS) is 10.9. The third-order valence-corrected chi connectivity index (χ3v) is 5.84. The van der Waals surface area contributed by atoms with E-state index in [1.165, 1.54) is 4.68 Å². The van der Waals surface area contributed by atoms with Crippen molar-refractivity contribution >= 4 is 52.4 Å². The maximum absolute atomic E-state index is 14.3. The molecule has 0 aliphatic carbocycles. The van der Waals surface area contributed by atoms with Crippen LogP contribution in [0.5, 0.6) is 0 Å². The zero-order chi connectivity index (χ0) is 24.6. The Morgan fingerprint density at radius 3 is 2.29 bits per heavy atom. The van der Waals surface area contributed by atoms with E-state index in [0.717, 1.165) is 18.2 Å². The number of carbonyl (C=O) groups excluding carboxylic acids is 1. The minimum atomic E-state index is -1.25. The molecule has 0 unspecified atom stereocenters. The van der Waals surface area contributed by atoms with Crippen molar-refractivity contribution in [2.24, 2.45) is 0 Å². The van der Waals surface area contributed by atoms with Crippen LogP contribution in [-0.4, -0.2) is 26.8 Å². The minimum Gasteiger partial charge on any atom is -0.478 e. The minimum absolute atomic E-state index is 0.00362. The summed E-state index contributed by atoms with van der Waals surface area (Å²) in [7, 11) is 0. The van der Waals surface area contributed by atoms with Crippen molar-refractivity contribution in [3.05, 3.63) is 98.4 Å². The Balaban J connectivity index is 1.84. The van der Waals surface area contributed by atoms with Crippen LogP contribution in [0.25, 0.3) is 16.9 Å². The van der Waals surface area contributed by atoms with Crippen LogP contribution in [0.3, 0.4) is 0 Å². The highest BCUT2D eigenvalue weighted by atomic mass is 35.5. The highest BCUT2D eigenvalue weighted by Crippen LogP contribution is 2.33. The Kier molecular flexibility index (Phi) is 6.61. The molecule has 6 nitrogen and oxygen atoms in total. The summed E-state index contributed by atoms with van der Waals surface area (Å²) in [5, 5.41) is 17.3. The molecule has 0 saturated carbocycles. The Bertz CT molecular complexity index is 1440. The fourth-order valence-corrected chi connectivity index (χ4v) is 4.04. The average Bonchev–Trinajstić information content (AvgIpc) is 3.12. The molecule has 1 aromatic heterocycles. The van der Waals surface area contributed by atoms with Crippen molar-refractivity contribution < 1.29 is 19.1 Å². The lowest BCUT2D eigenvalue weighted by Gasteiger charge is -2.11. The molecule has 0 fully saturated rings. The van der Waals surface area contributed by atoms with E-state index in [1.807, 2.05) is 0 Å². The van der Waals surface area contributed by atoms with Crippen LogP contribution in [0.1, 0.15) is 26.4 Å². The number of hydrogen-bond donors (Lipinski definition) is 2. The second kappa shape index (κ2) is 9.46. The van der Waals surface area contributed by atoms with Crippen molar-refractivity contribution in [1.29, 1.82) is 0 Å². The number of nitrogens with one attached hydrogen (secondary N) is 1. The Morgan fingerprint density at radius 2 is 1.65 bits per heavy atom. The zero-order valence-corrected chi connectivity index (χ0v) is 19.7. The molecule has 2 N–H and O–H groups in total. The first-order valence-corrected chi connectivity index (χ1v) is 10.9. The van der Waals surface area contributed by atoms with Crippen molar-refractivity contribution in [3.63, 3.8) is 0 Å². The van der Waals surface area contributed by atoms with Crippen LogP contribution in [0.2, 0.25) is 15.1 Å². The molecule has 1 heterocycles. The quantitative estimate of drug-likeness (QED) is 0.301. The van der Waals surface area contributed by atoms with E-state index in [0.29, 0.717) is 37.6 Å². The Labute approximate surface area is 208 Å². The number of carboxylic acid groups (broad SMARTS) is 1. The second-order valence-corrected chi connectivity index (χ2v) is 8.57. The summed E-state index contributed by atoms with van der Waals surface area (Å²) < 4.78 is 15.8.